The number of anilines is 2. The third-order valence-electron chi connectivity index (χ3n) is 3.45. The van der Waals surface area contributed by atoms with Crippen LogP contribution in [0.5, 0.6) is 5.75 Å². The molecule has 0 heterocycles. The van der Waals surface area contributed by atoms with E-state index in [1.165, 1.54) is 13.2 Å². The van der Waals surface area contributed by atoms with E-state index in [1.807, 2.05) is 6.07 Å². The van der Waals surface area contributed by atoms with Gasteiger partial charge in [0.15, 0.2) is 6.61 Å². The number of urea groups is 1. The maximum atomic E-state index is 11.9. The molecule has 0 atom stereocenters. The number of halogens is 1. The summed E-state index contributed by atoms with van der Waals surface area (Å²) in [6.45, 7) is -0.397. The standard InChI is InChI=1S/C19H20ClN3O5/c1-27-16-8-7-13(20)11-15(16)23-17(24)12-28-18(25)9-10-21-19(26)22-14-5-3-2-4-6-14/h2-8,11H,9-10,12H2,1H3,(H,23,24)(H2,21,22,26). The van der Waals surface area contributed by atoms with E-state index < -0.39 is 24.5 Å². The Balaban J connectivity index is 1.67. The van der Waals surface area contributed by atoms with Gasteiger partial charge < -0.3 is 25.4 Å². The zero-order chi connectivity index (χ0) is 20.4. The van der Waals surface area contributed by atoms with Crippen LogP contribution in [0.15, 0.2) is 48.5 Å². The molecule has 0 aliphatic rings. The van der Waals surface area contributed by atoms with Gasteiger partial charge in [-0.2, -0.15) is 0 Å². The Bertz CT molecular complexity index is 830. The van der Waals surface area contributed by atoms with Crippen LogP contribution in [0.25, 0.3) is 0 Å². The Morgan fingerprint density at radius 2 is 1.79 bits per heavy atom. The van der Waals surface area contributed by atoms with Gasteiger partial charge >= 0.3 is 12.0 Å². The van der Waals surface area contributed by atoms with Crippen molar-refractivity contribution < 1.29 is 23.9 Å². The summed E-state index contributed by atoms with van der Waals surface area (Å²) in [6.07, 6.45) is -0.0734. The van der Waals surface area contributed by atoms with Crippen molar-refractivity contribution in [2.45, 2.75) is 6.42 Å². The van der Waals surface area contributed by atoms with Gasteiger partial charge in [0, 0.05) is 17.3 Å². The zero-order valence-corrected chi connectivity index (χ0v) is 15.9. The minimum absolute atomic E-state index is 0.0707. The van der Waals surface area contributed by atoms with Crippen molar-refractivity contribution in [3.63, 3.8) is 0 Å². The van der Waals surface area contributed by atoms with Crippen molar-refractivity contribution in [3.05, 3.63) is 53.6 Å². The highest BCUT2D eigenvalue weighted by Crippen LogP contribution is 2.27. The van der Waals surface area contributed by atoms with E-state index in [-0.39, 0.29) is 13.0 Å². The number of para-hydroxylation sites is 1. The van der Waals surface area contributed by atoms with Crippen LogP contribution < -0.4 is 20.7 Å². The number of nitrogens with one attached hydrogen (secondary N) is 3. The third kappa shape index (κ3) is 7.16. The van der Waals surface area contributed by atoms with Gasteiger partial charge in [-0.1, -0.05) is 29.8 Å². The first-order valence-corrected chi connectivity index (χ1v) is 8.74. The topological polar surface area (TPSA) is 106 Å². The Labute approximate surface area is 167 Å². The van der Waals surface area contributed by atoms with Gasteiger partial charge in [0.1, 0.15) is 5.75 Å². The van der Waals surface area contributed by atoms with Gasteiger partial charge in [0.2, 0.25) is 0 Å². The second-order valence-electron chi connectivity index (χ2n) is 5.55. The lowest BCUT2D eigenvalue weighted by molar-refractivity contribution is -0.147. The first-order valence-electron chi connectivity index (χ1n) is 8.37. The van der Waals surface area contributed by atoms with Crippen LogP contribution in [0.3, 0.4) is 0 Å². The Morgan fingerprint density at radius 1 is 1.04 bits per heavy atom. The molecule has 0 fully saturated rings. The zero-order valence-electron chi connectivity index (χ0n) is 15.2. The summed E-state index contributed by atoms with van der Waals surface area (Å²) in [4.78, 5) is 35.3. The number of carbonyl (C=O) groups excluding carboxylic acids is 3. The smallest absolute Gasteiger partial charge is 0.319 e. The maximum absolute atomic E-state index is 11.9. The van der Waals surface area contributed by atoms with Crippen LogP contribution in [0.1, 0.15) is 6.42 Å². The van der Waals surface area contributed by atoms with Crippen LogP contribution in [-0.2, 0) is 14.3 Å². The summed E-state index contributed by atoms with van der Waals surface area (Å²) >= 11 is 5.89. The summed E-state index contributed by atoms with van der Waals surface area (Å²) in [5, 5.41) is 8.13. The van der Waals surface area contributed by atoms with E-state index in [0.29, 0.717) is 22.1 Å². The highest BCUT2D eigenvalue weighted by atomic mass is 35.5. The number of hydrogen-bond acceptors (Lipinski definition) is 5. The van der Waals surface area contributed by atoms with Gasteiger partial charge in [-0.25, -0.2) is 4.79 Å². The van der Waals surface area contributed by atoms with Crippen molar-refractivity contribution in [1.29, 1.82) is 0 Å². The van der Waals surface area contributed by atoms with Crippen LogP contribution in [0, 0.1) is 0 Å². The quantitative estimate of drug-likeness (QED) is 0.585. The fourth-order valence-electron chi connectivity index (χ4n) is 2.16. The van der Waals surface area contributed by atoms with Crippen molar-refractivity contribution in [2.24, 2.45) is 0 Å². The highest BCUT2D eigenvalue weighted by Gasteiger charge is 2.11. The van der Waals surface area contributed by atoms with Crippen molar-refractivity contribution in [2.75, 3.05) is 30.9 Å². The molecule has 0 aliphatic heterocycles. The predicted octanol–water partition coefficient (Wildman–Crippen LogP) is 3.04. The molecular formula is C19H20ClN3O5. The van der Waals surface area contributed by atoms with Crippen molar-refractivity contribution in [3.8, 4) is 5.75 Å². The number of carbonyl (C=O) groups is 3. The van der Waals surface area contributed by atoms with Gasteiger partial charge in [0.25, 0.3) is 5.91 Å². The minimum Gasteiger partial charge on any atom is -0.495 e. The molecule has 9 heteroatoms. The number of rotatable bonds is 8. The van der Waals surface area contributed by atoms with Crippen LogP contribution in [-0.4, -0.2) is 38.2 Å². The summed E-state index contributed by atoms with van der Waals surface area (Å²) in [6, 6.07) is 13.2. The number of esters is 1. The number of methoxy groups -OCH3 is 1. The molecule has 0 saturated carbocycles. The molecule has 2 aromatic carbocycles. The molecule has 0 radical (unpaired) electrons. The highest BCUT2D eigenvalue weighted by molar-refractivity contribution is 6.31. The lowest BCUT2D eigenvalue weighted by Gasteiger charge is -2.11. The molecule has 3 amide bonds. The predicted molar refractivity (Wildman–Crippen MR) is 106 cm³/mol. The number of benzene rings is 2. The van der Waals surface area contributed by atoms with E-state index in [0.717, 1.165) is 0 Å². The van der Waals surface area contributed by atoms with E-state index in [1.54, 1.807) is 36.4 Å². The number of hydrogen-bond donors (Lipinski definition) is 3. The second-order valence-corrected chi connectivity index (χ2v) is 5.99. The monoisotopic (exact) mass is 405 g/mol. The average molecular weight is 406 g/mol. The molecule has 2 rings (SSSR count). The van der Waals surface area contributed by atoms with Crippen LogP contribution in [0.2, 0.25) is 5.02 Å². The van der Waals surface area contributed by atoms with Crippen LogP contribution >= 0.6 is 11.6 Å². The largest absolute Gasteiger partial charge is 0.495 e. The average Bonchev–Trinajstić information content (AvgIpc) is 2.67. The normalized spacial score (nSPS) is 9.93. The summed E-state index contributed by atoms with van der Waals surface area (Å²) in [7, 11) is 1.46. The van der Waals surface area contributed by atoms with Gasteiger partial charge in [-0.05, 0) is 30.3 Å². The van der Waals surface area contributed by atoms with Gasteiger partial charge in [-0.15, -0.1) is 0 Å². The minimum atomic E-state index is -0.617. The van der Waals surface area contributed by atoms with E-state index in [9.17, 15) is 14.4 Å². The molecule has 0 aliphatic carbocycles. The van der Waals surface area contributed by atoms with Gasteiger partial charge in [-0.3, -0.25) is 9.59 Å². The lowest BCUT2D eigenvalue weighted by atomic mass is 10.3. The fraction of sp³-hybridized carbons (Fsp3) is 0.211. The fourth-order valence-corrected chi connectivity index (χ4v) is 2.33. The molecule has 0 aromatic heterocycles. The molecule has 0 unspecified atom stereocenters. The Morgan fingerprint density at radius 3 is 2.50 bits per heavy atom. The molecule has 0 bridgehead atoms. The molecule has 148 valence electrons. The first-order chi connectivity index (χ1) is 13.5. The molecule has 2 aromatic rings. The van der Waals surface area contributed by atoms with E-state index in [4.69, 9.17) is 21.1 Å². The van der Waals surface area contributed by atoms with E-state index >= 15 is 0 Å². The maximum Gasteiger partial charge on any atom is 0.319 e. The van der Waals surface area contributed by atoms with Gasteiger partial charge in [0.05, 0.1) is 19.2 Å². The van der Waals surface area contributed by atoms with Crippen molar-refractivity contribution >= 4 is 40.9 Å². The van der Waals surface area contributed by atoms with E-state index in [2.05, 4.69) is 16.0 Å². The molecule has 0 spiro atoms. The second kappa shape index (κ2) is 10.8. The lowest BCUT2D eigenvalue weighted by Crippen LogP contribution is -2.31. The number of ether oxygens (including phenoxy) is 2. The van der Waals surface area contributed by atoms with Crippen LogP contribution in [0.4, 0.5) is 16.2 Å². The Hall–Kier alpha value is -3.26. The molecular weight excluding hydrogens is 386 g/mol. The summed E-state index contributed by atoms with van der Waals surface area (Å²) < 4.78 is 10.0. The molecule has 28 heavy (non-hydrogen) atoms. The molecule has 3 N–H and O–H groups in total. The summed E-state index contributed by atoms with van der Waals surface area (Å²) in [5.74, 6) is -0.727. The first kappa shape index (κ1) is 21.0. The summed E-state index contributed by atoms with van der Waals surface area (Å²) in [5.41, 5.74) is 1.01. The number of amides is 3. The molecule has 0 saturated heterocycles. The molecule has 8 nitrogen and oxygen atoms in total. The van der Waals surface area contributed by atoms with Crippen molar-refractivity contribution in [1.82, 2.24) is 5.32 Å². The SMILES string of the molecule is COc1ccc(Cl)cc1NC(=O)COC(=O)CCNC(=O)Nc1ccccc1. The Kier molecular flexibility index (Phi) is 8.11. The third-order valence-corrected chi connectivity index (χ3v) is 3.68.